The smallest absolute Gasteiger partial charge is 0.268 e. The molecule has 0 atom stereocenters. The standard InChI is InChI=1S/C14H24N4O2/c1-14(2,20)4-5-18-13(19)10-12(11-15-18)17-8-6-16(3)7-9-17/h10-11,20H,4-9H2,1-3H3. The van der Waals surface area contributed by atoms with Crippen molar-refractivity contribution in [3.05, 3.63) is 22.6 Å². The van der Waals surface area contributed by atoms with Crippen LogP contribution in [0.2, 0.25) is 0 Å². The van der Waals surface area contributed by atoms with Crippen LogP contribution in [0.3, 0.4) is 0 Å². The number of aryl methyl sites for hydroxylation is 1. The van der Waals surface area contributed by atoms with Gasteiger partial charge in [-0.15, -0.1) is 0 Å². The Hall–Kier alpha value is -1.40. The first-order valence-corrected chi connectivity index (χ1v) is 7.08. The fourth-order valence-corrected chi connectivity index (χ4v) is 2.21. The zero-order valence-electron chi connectivity index (χ0n) is 12.5. The highest BCUT2D eigenvalue weighted by molar-refractivity contribution is 5.43. The molecule has 2 rings (SSSR count). The number of anilines is 1. The lowest BCUT2D eigenvalue weighted by atomic mass is 10.1. The quantitative estimate of drug-likeness (QED) is 0.851. The summed E-state index contributed by atoms with van der Waals surface area (Å²) in [5.74, 6) is 0. The van der Waals surface area contributed by atoms with E-state index < -0.39 is 5.60 Å². The summed E-state index contributed by atoms with van der Waals surface area (Å²) in [5.41, 5.74) is 0.00494. The Morgan fingerprint density at radius 1 is 1.30 bits per heavy atom. The summed E-state index contributed by atoms with van der Waals surface area (Å²) in [5, 5.41) is 13.9. The maximum atomic E-state index is 12.0. The van der Waals surface area contributed by atoms with Gasteiger partial charge in [0.25, 0.3) is 5.56 Å². The molecule has 1 aliphatic rings. The number of hydrogen-bond donors (Lipinski definition) is 1. The summed E-state index contributed by atoms with van der Waals surface area (Å²) < 4.78 is 1.41. The van der Waals surface area contributed by atoms with Gasteiger partial charge < -0.3 is 14.9 Å². The van der Waals surface area contributed by atoms with Gasteiger partial charge >= 0.3 is 0 Å². The number of nitrogens with zero attached hydrogens (tertiary/aromatic N) is 4. The summed E-state index contributed by atoms with van der Waals surface area (Å²) in [6, 6.07) is 1.64. The van der Waals surface area contributed by atoms with E-state index in [1.165, 1.54) is 4.68 Å². The molecule has 0 bridgehead atoms. The van der Waals surface area contributed by atoms with Crippen LogP contribution in [0.1, 0.15) is 20.3 Å². The van der Waals surface area contributed by atoms with Crippen molar-refractivity contribution in [2.24, 2.45) is 0 Å². The molecule has 2 heterocycles. The Labute approximate surface area is 119 Å². The van der Waals surface area contributed by atoms with Gasteiger partial charge in [0.15, 0.2) is 0 Å². The summed E-state index contributed by atoms with van der Waals surface area (Å²) in [6.45, 7) is 7.75. The van der Waals surface area contributed by atoms with Gasteiger partial charge in [-0.2, -0.15) is 5.10 Å². The molecule has 1 N–H and O–H groups in total. The Balaban J connectivity index is 2.04. The molecule has 6 nitrogen and oxygen atoms in total. The van der Waals surface area contributed by atoms with Crippen molar-refractivity contribution in [2.45, 2.75) is 32.4 Å². The van der Waals surface area contributed by atoms with E-state index in [0.717, 1.165) is 31.9 Å². The molecule has 20 heavy (non-hydrogen) atoms. The van der Waals surface area contributed by atoms with E-state index in [9.17, 15) is 9.90 Å². The van der Waals surface area contributed by atoms with Crippen molar-refractivity contribution in [2.75, 3.05) is 38.1 Å². The monoisotopic (exact) mass is 280 g/mol. The van der Waals surface area contributed by atoms with E-state index in [4.69, 9.17) is 0 Å². The zero-order chi connectivity index (χ0) is 14.8. The third-order valence-electron chi connectivity index (χ3n) is 3.66. The molecule has 1 aromatic heterocycles. The third-order valence-corrected chi connectivity index (χ3v) is 3.66. The lowest BCUT2D eigenvalue weighted by Gasteiger charge is -2.33. The SMILES string of the molecule is CN1CCN(c2cnn(CCC(C)(C)O)c(=O)c2)CC1. The van der Waals surface area contributed by atoms with Crippen molar-refractivity contribution in [1.82, 2.24) is 14.7 Å². The predicted molar refractivity (Wildman–Crippen MR) is 79.1 cm³/mol. The molecule has 0 spiro atoms. The second kappa shape index (κ2) is 5.93. The van der Waals surface area contributed by atoms with Crippen LogP contribution in [0.5, 0.6) is 0 Å². The molecule has 1 aliphatic heterocycles. The van der Waals surface area contributed by atoms with Crippen molar-refractivity contribution in [3.63, 3.8) is 0 Å². The number of hydrogen-bond acceptors (Lipinski definition) is 5. The second-order valence-corrected chi connectivity index (χ2v) is 6.13. The van der Waals surface area contributed by atoms with Crippen LogP contribution in [0.25, 0.3) is 0 Å². The van der Waals surface area contributed by atoms with E-state index in [1.54, 1.807) is 26.1 Å². The van der Waals surface area contributed by atoms with Gasteiger partial charge in [0, 0.05) is 38.8 Å². The summed E-state index contributed by atoms with van der Waals surface area (Å²) in [7, 11) is 2.10. The van der Waals surface area contributed by atoms with Crippen molar-refractivity contribution in [3.8, 4) is 0 Å². The van der Waals surface area contributed by atoms with E-state index in [2.05, 4.69) is 21.9 Å². The van der Waals surface area contributed by atoms with E-state index in [-0.39, 0.29) is 5.56 Å². The minimum absolute atomic E-state index is 0.106. The minimum atomic E-state index is -0.781. The number of aromatic nitrogens is 2. The largest absolute Gasteiger partial charge is 0.390 e. The van der Waals surface area contributed by atoms with Crippen molar-refractivity contribution in [1.29, 1.82) is 0 Å². The van der Waals surface area contributed by atoms with Gasteiger partial charge in [0.1, 0.15) is 0 Å². The van der Waals surface area contributed by atoms with E-state index >= 15 is 0 Å². The number of aliphatic hydroxyl groups is 1. The number of piperazine rings is 1. The molecule has 0 saturated carbocycles. The zero-order valence-corrected chi connectivity index (χ0v) is 12.5. The first kappa shape index (κ1) is 15.0. The van der Waals surface area contributed by atoms with Crippen LogP contribution in [0.4, 0.5) is 5.69 Å². The molecule has 1 fully saturated rings. The average molecular weight is 280 g/mol. The molecule has 0 aliphatic carbocycles. The molecular weight excluding hydrogens is 256 g/mol. The highest BCUT2D eigenvalue weighted by Crippen LogP contribution is 2.13. The van der Waals surface area contributed by atoms with Gasteiger partial charge in [-0.1, -0.05) is 0 Å². The molecule has 1 saturated heterocycles. The van der Waals surface area contributed by atoms with Crippen LogP contribution >= 0.6 is 0 Å². The molecule has 1 aromatic rings. The fraction of sp³-hybridized carbons (Fsp3) is 0.714. The van der Waals surface area contributed by atoms with E-state index in [1.807, 2.05) is 0 Å². The molecule has 6 heteroatoms. The number of rotatable bonds is 4. The molecule has 0 amide bonds. The maximum absolute atomic E-state index is 12.0. The Kier molecular flexibility index (Phi) is 4.45. The predicted octanol–water partition coefficient (Wildman–Crippen LogP) is 0.156. The van der Waals surface area contributed by atoms with Crippen molar-refractivity contribution >= 4 is 5.69 Å². The Morgan fingerprint density at radius 2 is 1.95 bits per heavy atom. The third kappa shape index (κ3) is 4.05. The van der Waals surface area contributed by atoms with Crippen molar-refractivity contribution < 1.29 is 5.11 Å². The second-order valence-electron chi connectivity index (χ2n) is 6.13. The highest BCUT2D eigenvalue weighted by atomic mass is 16.3. The molecule has 0 unspecified atom stereocenters. The Bertz CT molecular complexity index is 499. The molecule has 0 radical (unpaired) electrons. The van der Waals surface area contributed by atoms with Crippen LogP contribution < -0.4 is 10.5 Å². The van der Waals surface area contributed by atoms with Crippen LogP contribution in [0, 0.1) is 0 Å². The summed E-state index contributed by atoms with van der Waals surface area (Å²) >= 11 is 0. The van der Waals surface area contributed by atoms with Crippen LogP contribution in [0.15, 0.2) is 17.1 Å². The Morgan fingerprint density at radius 3 is 2.50 bits per heavy atom. The molecular formula is C14H24N4O2. The summed E-state index contributed by atoms with van der Waals surface area (Å²) in [4.78, 5) is 16.5. The lowest BCUT2D eigenvalue weighted by Crippen LogP contribution is -2.45. The van der Waals surface area contributed by atoms with Gasteiger partial charge in [0.05, 0.1) is 17.5 Å². The van der Waals surface area contributed by atoms with Gasteiger partial charge in [0.2, 0.25) is 0 Å². The molecule has 112 valence electrons. The first-order valence-electron chi connectivity index (χ1n) is 7.08. The topological polar surface area (TPSA) is 61.6 Å². The normalized spacial score (nSPS) is 17.5. The first-order chi connectivity index (χ1) is 9.35. The highest BCUT2D eigenvalue weighted by Gasteiger charge is 2.16. The van der Waals surface area contributed by atoms with Gasteiger partial charge in [-0.05, 0) is 27.3 Å². The minimum Gasteiger partial charge on any atom is -0.390 e. The van der Waals surface area contributed by atoms with Gasteiger partial charge in [-0.3, -0.25) is 4.79 Å². The van der Waals surface area contributed by atoms with Crippen LogP contribution in [-0.2, 0) is 6.54 Å². The molecule has 0 aromatic carbocycles. The number of likely N-dealkylation sites (N-methyl/N-ethyl adjacent to an activating group) is 1. The van der Waals surface area contributed by atoms with Gasteiger partial charge in [-0.25, -0.2) is 4.68 Å². The lowest BCUT2D eigenvalue weighted by molar-refractivity contribution is 0.0646. The summed E-state index contributed by atoms with van der Waals surface area (Å²) in [6.07, 6.45) is 2.25. The van der Waals surface area contributed by atoms with Crippen LogP contribution in [-0.4, -0.2) is 58.6 Å². The fourth-order valence-electron chi connectivity index (χ4n) is 2.21. The maximum Gasteiger partial charge on any atom is 0.268 e. The average Bonchev–Trinajstić information content (AvgIpc) is 2.37. The van der Waals surface area contributed by atoms with E-state index in [0.29, 0.717) is 13.0 Å².